The van der Waals surface area contributed by atoms with Crippen LogP contribution in [-0.4, -0.2) is 44.0 Å². The van der Waals surface area contributed by atoms with E-state index in [9.17, 15) is 4.79 Å². The third kappa shape index (κ3) is 3.60. The molecule has 0 spiro atoms. The second kappa shape index (κ2) is 7.05. The van der Waals surface area contributed by atoms with E-state index >= 15 is 0 Å². The monoisotopic (exact) mass is 323 g/mol. The van der Waals surface area contributed by atoms with Crippen LogP contribution in [0.4, 0.5) is 11.4 Å². The number of aryl methyl sites for hydroxylation is 2. The van der Waals surface area contributed by atoms with Crippen molar-refractivity contribution in [2.75, 3.05) is 43.4 Å². The number of likely N-dealkylation sites (N-methyl/N-ethyl adjacent to an activating group) is 1. The molecule has 3 rings (SSSR count). The Hall–Kier alpha value is -2.33. The first kappa shape index (κ1) is 16.5. The number of amides is 1. The van der Waals surface area contributed by atoms with Crippen LogP contribution < -0.4 is 10.2 Å². The lowest BCUT2D eigenvalue weighted by molar-refractivity contribution is 0.102. The van der Waals surface area contributed by atoms with Gasteiger partial charge in [-0.1, -0.05) is 29.8 Å². The lowest BCUT2D eigenvalue weighted by Gasteiger charge is -2.35. The molecule has 1 saturated heterocycles. The Kier molecular flexibility index (Phi) is 4.86. The Bertz CT molecular complexity index is 733. The number of hydrogen-bond donors (Lipinski definition) is 1. The molecule has 24 heavy (non-hydrogen) atoms. The van der Waals surface area contributed by atoms with E-state index in [1.807, 2.05) is 50.2 Å². The lowest BCUT2D eigenvalue weighted by atomic mass is 10.0. The van der Waals surface area contributed by atoms with E-state index in [-0.39, 0.29) is 5.91 Å². The van der Waals surface area contributed by atoms with Gasteiger partial charge in [0, 0.05) is 31.7 Å². The molecule has 1 aliphatic heterocycles. The average molecular weight is 323 g/mol. The fourth-order valence-corrected chi connectivity index (χ4v) is 3.07. The average Bonchev–Trinajstić information content (AvgIpc) is 2.58. The van der Waals surface area contributed by atoms with Crippen molar-refractivity contribution < 1.29 is 4.79 Å². The van der Waals surface area contributed by atoms with Crippen molar-refractivity contribution in [2.24, 2.45) is 0 Å². The Balaban J connectivity index is 1.82. The van der Waals surface area contributed by atoms with Gasteiger partial charge in [-0.3, -0.25) is 4.79 Å². The molecule has 1 amide bonds. The third-order valence-corrected chi connectivity index (χ3v) is 4.63. The summed E-state index contributed by atoms with van der Waals surface area (Å²) in [6, 6.07) is 14.0. The second-order valence-corrected chi connectivity index (χ2v) is 6.58. The molecule has 0 radical (unpaired) electrons. The molecule has 1 aliphatic rings. The van der Waals surface area contributed by atoms with Crippen molar-refractivity contribution in [3.63, 3.8) is 0 Å². The smallest absolute Gasteiger partial charge is 0.255 e. The summed E-state index contributed by atoms with van der Waals surface area (Å²) in [5.41, 5.74) is 4.81. The molecule has 1 N–H and O–H groups in total. The number of nitrogens with one attached hydrogen (secondary N) is 1. The van der Waals surface area contributed by atoms with Crippen LogP contribution in [0.25, 0.3) is 0 Å². The molecule has 1 fully saturated rings. The summed E-state index contributed by atoms with van der Waals surface area (Å²) in [5, 5.41) is 3.11. The maximum absolute atomic E-state index is 12.7. The van der Waals surface area contributed by atoms with Gasteiger partial charge in [0.25, 0.3) is 5.91 Å². The Morgan fingerprint density at radius 2 is 1.71 bits per heavy atom. The van der Waals surface area contributed by atoms with Crippen molar-refractivity contribution in [1.82, 2.24) is 4.90 Å². The molecule has 4 heteroatoms. The highest BCUT2D eigenvalue weighted by Gasteiger charge is 2.18. The van der Waals surface area contributed by atoms with Gasteiger partial charge >= 0.3 is 0 Å². The number of hydrogen-bond acceptors (Lipinski definition) is 3. The lowest BCUT2D eigenvalue weighted by Crippen LogP contribution is -2.44. The first-order valence-corrected chi connectivity index (χ1v) is 8.46. The standard InChI is InChI=1S/C20H25N3O/c1-15-8-9-16(2)17(14-15)20(24)21-18-6-4-5-7-19(18)23-12-10-22(3)11-13-23/h4-9,14H,10-13H2,1-3H3,(H,21,24). The largest absolute Gasteiger partial charge is 0.367 e. The minimum Gasteiger partial charge on any atom is -0.367 e. The zero-order valence-corrected chi connectivity index (χ0v) is 14.7. The summed E-state index contributed by atoms with van der Waals surface area (Å²) in [5.74, 6) is -0.0437. The van der Waals surface area contributed by atoms with E-state index in [0.29, 0.717) is 0 Å². The maximum atomic E-state index is 12.7. The van der Waals surface area contributed by atoms with E-state index in [1.54, 1.807) is 0 Å². The summed E-state index contributed by atoms with van der Waals surface area (Å²) >= 11 is 0. The van der Waals surface area contributed by atoms with E-state index in [2.05, 4.69) is 28.2 Å². The van der Waals surface area contributed by atoms with Crippen LogP contribution in [0, 0.1) is 13.8 Å². The maximum Gasteiger partial charge on any atom is 0.255 e. The minimum atomic E-state index is -0.0437. The molecule has 0 aliphatic carbocycles. The van der Waals surface area contributed by atoms with Crippen molar-refractivity contribution in [3.8, 4) is 0 Å². The first-order valence-electron chi connectivity index (χ1n) is 8.46. The number of carbonyl (C=O) groups is 1. The van der Waals surface area contributed by atoms with Crippen molar-refractivity contribution in [2.45, 2.75) is 13.8 Å². The van der Waals surface area contributed by atoms with Crippen LogP contribution in [-0.2, 0) is 0 Å². The van der Waals surface area contributed by atoms with Crippen LogP contribution >= 0.6 is 0 Å². The molecule has 1 heterocycles. The SMILES string of the molecule is Cc1ccc(C)c(C(=O)Nc2ccccc2N2CCN(C)CC2)c1. The first-order chi connectivity index (χ1) is 11.5. The van der Waals surface area contributed by atoms with Gasteiger partial charge in [0.1, 0.15) is 0 Å². The van der Waals surface area contributed by atoms with Gasteiger partial charge in [-0.05, 0) is 44.7 Å². The number of benzene rings is 2. The number of anilines is 2. The van der Waals surface area contributed by atoms with Crippen molar-refractivity contribution in [3.05, 3.63) is 59.2 Å². The zero-order valence-electron chi connectivity index (χ0n) is 14.7. The molecule has 0 unspecified atom stereocenters. The highest BCUT2D eigenvalue weighted by molar-refractivity contribution is 6.07. The Morgan fingerprint density at radius 3 is 2.46 bits per heavy atom. The number of para-hydroxylation sites is 2. The van der Waals surface area contributed by atoms with Gasteiger partial charge in [-0.15, -0.1) is 0 Å². The van der Waals surface area contributed by atoms with Crippen LogP contribution in [0.5, 0.6) is 0 Å². The highest BCUT2D eigenvalue weighted by atomic mass is 16.1. The molecule has 2 aromatic carbocycles. The molecule has 2 aromatic rings. The van der Waals surface area contributed by atoms with Gasteiger partial charge in [-0.2, -0.15) is 0 Å². The van der Waals surface area contributed by atoms with Gasteiger partial charge in [0.2, 0.25) is 0 Å². The van der Waals surface area contributed by atoms with Crippen LogP contribution in [0.15, 0.2) is 42.5 Å². The van der Waals surface area contributed by atoms with E-state index in [0.717, 1.165) is 54.2 Å². The fourth-order valence-electron chi connectivity index (χ4n) is 3.07. The van der Waals surface area contributed by atoms with E-state index in [4.69, 9.17) is 0 Å². The molecule has 0 bridgehead atoms. The zero-order chi connectivity index (χ0) is 17.1. The van der Waals surface area contributed by atoms with Crippen LogP contribution in [0.2, 0.25) is 0 Å². The molecule has 0 atom stereocenters. The van der Waals surface area contributed by atoms with Crippen molar-refractivity contribution in [1.29, 1.82) is 0 Å². The predicted octanol–water partition coefficient (Wildman–Crippen LogP) is 3.31. The number of rotatable bonds is 3. The predicted molar refractivity (Wildman–Crippen MR) is 100 cm³/mol. The van der Waals surface area contributed by atoms with Crippen molar-refractivity contribution >= 4 is 17.3 Å². The number of piperazine rings is 1. The number of nitrogens with zero attached hydrogens (tertiary/aromatic N) is 2. The van der Waals surface area contributed by atoms with Crippen LogP contribution in [0.3, 0.4) is 0 Å². The molecule has 126 valence electrons. The van der Waals surface area contributed by atoms with E-state index < -0.39 is 0 Å². The Morgan fingerprint density at radius 1 is 1.00 bits per heavy atom. The molecule has 4 nitrogen and oxygen atoms in total. The highest BCUT2D eigenvalue weighted by Crippen LogP contribution is 2.27. The molecular formula is C20H25N3O. The van der Waals surface area contributed by atoms with E-state index in [1.165, 1.54) is 0 Å². The summed E-state index contributed by atoms with van der Waals surface area (Å²) < 4.78 is 0. The quantitative estimate of drug-likeness (QED) is 0.941. The van der Waals surface area contributed by atoms with Crippen LogP contribution in [0.1, 0.15) is 21.5 Å². The molecule has 0 aromatic heterocycles. The summed E-state index contributed by atoms with van der Waals surface area (Å²) in [6.45, 7) is 8.02. The third-order valence-electron chi connectivity index (χ3n) is 4.63. The second-order valence-electron chi connectivity index (χ2n) is 6.58. The molecule has 0 saturated carbocycles. The fraction of sp³-hybridized carbons (Fsp3) is 0.350. The summed E-state index contributed by atoms with van der Waals surface area (Å²) in [4.78, 5) is 17.4. The summed E-state index contributed by atoms with van der Waals surface area (Å²) in [7, 11) is 2.14. The van der Waals surface area contributed by atoms with Gasteiger partial charge in [0.05, 0.1) is 11.4 Å². The Labute approximate surface area is 144 Å². The van der Waals surface area contributed by atoms with Gasteiger partial charge in [0.15, 0.2) is 0 Å². The molecular weight excluding hydrogens is 298 g/mol. The topological polar surface area (TPSA) is 35.6 Å². The van der Waals surface area contributed by atoms with Gasteiger partial charge in [-0.25, -0.2) is 0 Å². The number of carbonyl (C=O) groups excluding carboxylic acids is 1. The van der Waals surface area contributed by atoms with Gasteiger partial charge < -0.3 is 15.1 Å². The minimum absolute atomic E-state index is 0.0437. The summed E-state index contributed by atoms with van der Waals surface area (Å²) in [6.07, 6.45) is 0. The normalized spacial score (nSPS) is 15.4.